The standard InChI is InChI=1S/C14H23N3O2/c1-11-8-13(16-19-11)18-7-2-12-9-14(10-12)3-5-17(15)6-4-14/h8,12H,2-7,9-10,15H2,1H3. The Kier molecular flexibility index (Phi) is 3.50. The van der Waals surface area contributed by atoms with E-state index in [9.17, 15) is 0 Å². The van der Waals surface area contributed by atoms with E-state index in [2.05, 4.69) is 5.16 Å². The van der Waals surface area contributed by atoms with Crippen LogP contribution in [0, 0.1) is 18.3 Å². The lowest BCUT2D eigenvalue weighted by Gasteiger charge is -2.51. The SMILES string of the molecule is Cc1cc(OCCC2CC3(CCN(N)CC3)C2)no1. The van der Waals surface area contributed by atoms with Crippen LogP contribution in [0.15, 0.2) is 10.6 Å². The zero-order chi connectivity index (χ0) is 13.3. The van der Waals surface area contributed by atoms with Gasteiger partial charge in [0, 0.05) is 19.2 Å². The number of rotatable bonds is 4. The summed E-state index contributed by atoms with van der Waals surface area (Å²) >= 11 is 0. The molecule has 3 rings (SSSR count). The van der Waals surface area contributed by atoms with E-state index < -0.39 is 0 Å². The molecule has 1 aliphatic heterocycles. The lowest BCUT2D eigenvalue weighted by Crippen LogP contribution is -2.49. The molecule has 0 atom stereocenters. The van der Waals surface area contributed by atoms with Crippen molar-refractivity contribution in [1.29, 1.82) is 0 Å². The molecule has 106 valence electrons. The minimum Gasteiger partial charge on any atom is -0.475 e. The fraction of sp³-hybridized carbons (Fsp3) is 0.786. The second kappa shape index (κ2) is 5.13. The van der Waals surface area contributed by atoms with Crippen molar-refractivity contribution < 1.29 is 9.26 Å². The number of aromatic nitrogens is 1. The molecule has 0 bridgehead atoms. The molecule has 0 amide bonds. The second-order valence-corrected chi connectivity index (χ2v) is 6.22. The van der Waals surface area contributed by atoms with Crippen LogP contribution in [0.3, 0.4) is 0 Å². The summed E-state index contributed by atoms with van der Waals surface area (Å²) in [7, 11) is 0. The first kappa shape index (κ1) is 12.9. The van der Waals surface area contributed by atoms with Gasteiger partial charge in [-0.15, -0.1) is 0 Å². The maximum absolute atomic E-state index is 5.81. The highest BCUT2D eigenvalue weighted by Gasteiger charge is 2.44. The molecule has 1 spiro atoms. The number of hydrogen-bond donors (Lipinski definition) is 1. The molecule has 5 nitrogen and oxygen atoms in total. The van der Waals surface area contributed by atoms with Gasteiger partial charge in [0.05, 0.1) is 6.61 Å². The van der Waals surface area contributed by atoms with Crippen molar-refractivity contribution in [2.75, 3.05) is 19.7 Å². The monoisotopic (exact) mass is 265 g/mol. The van der Waals surface area contributed by atoms with Crippen LogP contribution in [0.4, 0.5) is 0 Å². The van der Waals surface area contributed by atoms with E-state index in [4.69, 9.17) is 15.1 Å². The van der Waals surface area contributed by atoms with E-state index in [1.165, 1.54) is 25.7 Å². The topological polar surface area (TPSA) is 64.5 Å². The maximum Gasteiger partial charge on any atom is 0.254 e. The zero-order valence-electron chi connectivity index (χ0n) is 11.6. The largest absolute Gasteiger partial charge is 0.475 e. The molecule has 2 heterocycles. The zero-order valence-corrected chi connectivity index (χ0v) is 11.6. The summed E-state index contributed by atoms with van der Waals surface area (Å²) in [5.41, 5.74) is 0.602. The predicted octanol–water partition coefficient (Wildman–Crippen LogP) is 2.12. The van der Waals surface area contributed by atoms with E-state index in [1.54, 1.807) is 0 Å². The van der Waals surface area contributed by atoms with Crippen molar-refractivity contribution in [2.24, 2.45) is 17.2 Å². The molecule has 5 heteroatoms. The summed E-state index contributed by atoms with van der Waals surface area (Å²) in [5.74, 6) is 8.04. The van der Waals surface area contributed by atoms with Gasteiger partial charge in [-0.2, -0.15) is 0 Å². The average molecular weight is 265 g/mol. The Morgan fingerprint density at radius 2 is 2.21 bits per heavy atom. The molecule has 1 saturated carbocycles. The van der Waals surface area contributed by atoms with E-state index >= 15 is 0 Å². The molecule has 2 N–H and O–H groups in total. The van der Waals surface area contributed by atoms with E-state index in [0.717, 1.165) is 37.8 Å². The third-order valence-electron chi connectivity index (χ3n) is 4.68. The number of hydrazine groups is 1. The third-order valence-corrected chi connectivity index (χ3v) is 4.68. The van der Waals surface area contributed by atoms with Crippen molar-refractivity contribution in [3.63, 3.8) is 0 Å². The number of piperidine rings is 1. The highest BCUT2D eigenvalue weighted by molar-refractivity contribution is 5.09. The first-order valence-corrected chi connectivity index (χ1v) is 7.21. The van der Waals surface area contributed by atoms with Crippen LogP contribution in [0.5, 0.6) is 5.88 Å². The van der Waals surface area contributed by atoms with Gasteiger partial charge >= 0.3 is 0 Å². The summed E-state index contributed by atoms with van der Waals surface area (Å²) in [6.07, 6.45) is 6.36. The van der Waals surface area contributed by atoms with Crippen LogP contribution < -0.4 is 10.6 Å². The third kappa shape index (κ3) is 2.92. The van der Waals surface area contributed by atoms with Crippen molar-refractivity contribution >= 4 is 0 Å². The van der Waals surface area contributed by atoms with Gasteiger partial charge < -0.3 is 9.26 Å². The average Bonchev–Trinajstić information content (AvgIpc) is 2.76. The van der Waals surface area contributed by atoms with Gasteiger partial charge in [0.2, 0.25) is 0 Å². The normalized spacial score (nSPS) is 23.5. The molecular formula is C14H23N3O2. The van der Waals surface area contributed by atoms with Gasteiger partial charge in [0.15, 0.2) is 0 Å². The molecule has 0 radical (unpaired) electrons. The quantitative estimate of drug-likeness (QED) is 0.845. The molecule has 2 aliphatic rings. The first-order valence-electron chi connectivity index (χ1n) is 7.21. The van der Waals surface area contributed by atoms with Crippen molar-refractivity contribution in [3.8, 4) is 5.88 Å². The van der Waals surface area contributed by atoms with E-state index in [0.29, 0.717) is 11.3 Å². The first-order chi connectivity index (χ1) is 9.15. The Labute approximate surface area is 114 Å². The minimum atomic E-state index is 0.602. The van der Waals surface area contributed by atoms with E-state index in [-0.39, 0.29) is 0 Å². The lowest BCUT2D eigenvalue weighted by molar-refractivity contribution is -0.0205. The minimum absolute atomic E-state index is 0.602. The van der Waals surface area contributed by atoms with Crippen LogP contribution in [-0.2, 0) is 0 Å². The number of nitrogens with two attached hydrogens (primary N) is 1. The number of ether oxygens (including phenoxy) is 1. The lowest BCUT2D eigenvalue weighted by atomic mass is 9.57. The summed E-state index contributed by atoms with van der Waals surface area (Å²) in [5, 5.41) is 5.78. The van der Waals surface area contributed by atoms with E-state index in [1.807, 2.05) is 18.0 Å². The predicted molar refractivity (Wildman–Crippen MR) is 71.5 cm³/mol. The van der Waals surface area contributed by atoms with Crippen molar-refractivity contribution in [1.82, 2.24) is 10.2 Å². The molecule has 0 unspecified atom stereocenters. The van der Waals surface area contributed by atoms with Gasteiger partial charge in [-0.25, -0.2) is 5.01 Å². The molecule has 19 heavy (non-hydrogen) atoms. The van der Waals surface area contributed by atoms with Gasteiger partial charge in [-0.3, -0.25) is 5.84 Å². The van der Waals surface area contributed by atoms with Crippen molar-refractivity contribution in [3.05, 3.63) is 11.8 Å². The molecule has 1 aromatic heterocycles. The Balaban J connectivity index is 1.35. The summed E-state index contributed by atoms with van der Waals surface area (Å²) in [4.78, 5) is 0. The highest BCUT2D eigenvalue weighted by atomic mass is 16.5. The van der Waals surface area contributed by atoms with Crippen LogP contribution in [0.25, 0.3) is 0 Å². The summed E-state index contributed by atoms with van der Waals surface area (Å²) in [6.45, 7) is 4.73. The van der Waals surface area contributed by atoms with Crippen molar-refractivity contribution in [2.45, 2.75) is 39.0 Å². The Hall–Kier alpha value is -1.07. The van der Waals surface area contributed by atoms with Gasteiger partial charge in [-0.05, 0) is 55.5 Å². The number of aryl methyl sites for hydroxylation is 1. The molecule has 1 aliphatic carbocycles. The second-order valence-electron chi connectivity index (χ2n) is 6.22. The van der Waals surface area contributed by atoms with Gasteiger partial charge in [0.25, 0.3) is 5.88 Å². The summed E-state index contributed by atoms with van der Waals surface area (Å²) in [6, 6.07) is 1.83. The maximum atomic E-state index is 5.81. The van der Waals surface area contributed by atoms with Crippen LogP contribution in [0.2, 0.25) is 0 Å². The molecule has 0 aromatic carbocycles. The van der Waals surface area contributed by atoms with Crippen LogP contribution in [-0.4, -0.2) is 29.9 Å². The van der Waals surface area contributed by atoms with Gasteiger partial charge in [0.1, 0.15) is 5.76 Å². The summed E-state index contributed by atoms with van der Waals surface area (Å²) < 4.78 is 10.6. The molecule has 1 aromatic rings. The number of hydrogen-bond acceptors (Lipinski definition) is 5. The highest BCUT2D eigenvalue weighted by Crippen LogP contribution is 2.53. The number of nitrogens with zero attached hydrogens (tertiary/aromatic N) is 2. The van der Waals surface area contributed by atoms with Crippen LogP contribution in [0.1, 0.15) is 37.9 Å². The molecule has 1 saturated heterocycles. The molecule has 2 fully saturated rings. The Morgan fingerprint density at radius 1 is 1.47 bits per heavy atom. The fourth-order valence-electron chi connectivity index (χ4n) is 3.52. The molecular weight excluding hydrogens is 242 g/mol. The van der Waals surface area contributed by atoms with Crippen LogP contribution >= 0.6 is 0 Å². The van der Waals surface area contributed by atoms with Gasteiger partial charge in [-0.1, -0.05) is 0 Å². The Bertz CT molecular complexity index is 416. The fourth-order valence-corrected chi connectivity index (χ4v) is 3.52. The smallest absolute Gasteiger partial charge is 0.254 e. The Morgan fingerprint density at radius 3 is 2.84 bits per heavy atom.